The van der Waals surface area contributed by atoms with Crippen LogP contribution < -0.4 is 0 Å². The van der Waals surface area contributed by atoms with E-state index in [1.54, 1.807) is 6.21 Å². The first-order valence-electron chi connectivity index (χ1n) is 19.5. The molecule has 0 spiro atoms. The Labute approximate surface area is 327 Å². The molecule has 0 atom stereocenters. The van der Waals surface area contributed by atoms with Crippen molar-refractivity contribution >= 4 is 33.8 Å². The van der Waals surface area contributed by atoms with Crippen LogP contribution in [-0.2, 0) is 16.2 Å². The molecule has 55 heavy (non-hydrogen) atoms. The Kier molecular flexibility index (Phi) is 9.62. The third-order valence-corrected chi connectivity index (χ3v) is 10.7. The van der Waals surface area contributed by atoms with Crippen LogP contribution in [0.2, 0.25) is 0 Å². The third-order valence-electron chi connectivity index (χ3n) is 10.7. The predicted molar refractivity (Wildman–Crippen MR) is 233 cm³/mol. The lowest BCUT2D eigenvalue weighted by Gasteiger charge is -2.27. The molecule has 4 heteroatoms. The Morgan fingerprint density at radius 1 is 0.636 bits per heavy atom. The summed E-state index contributed by atoms with van der Waals surface area (Å²) in [6, 6.07) is 38.6. The van der Waals surface area contributed by atoms with Gasteiger partial charge in [0, 0.05) is 28.3 Å². The number of benzene rings is 6. The SMILES string of the molecule is CC(C)c1ccc(-c2ccc(-c3cc(C(C)(C)C)cc4oc(-c5ccc6ccccc6c5N=Cc5cc(C(C)(C)C)cc(C(C)(C)C)c5O)nc34)cc2)cc1. The summed E-state index contributed by atoms with van der Waals surface area (Å²) in [5.41, 5.74) is 12.3. The van der Waals surface area contributed by atoms with Gasteiger partial charge >= 0.3 is 0 Å². The highest BCUT2D eigenvalue weighted by Gasteiger charge is 2.26. The van der Waals surface area contributed by atoms with Crippen molar-refractivity contribution in [2.24, 2.45) is 4.99 Å². The summed E-state index contributed by atoms with van der Waals surface area (Å²) in [6.07, 6.45) is 1.80. The van der Waals surface area contributed by atoms with Crippen molar-refractivity contribution in [3.63, 3.8) is 0 Å². The van der Waals surface area contributed by atoms with Crippen LogP contribution in [0, 0.1) is 0 Å². The van der Waals surface area contributed by atoms with Gasteiger partial charge in [-0.1, -0.05) is 161 Å². The highest BCUT2D eigenvalue weighted by molar-refractivity contribution is 6.03. The first-order valence-corrected chi connectivity index (χ1v) is 19.5. The smallest absolute Gasteiger partial charge is 0.229 e. The summed E-state index contributed by atoms with van der Waals surface area (Å²) < 4.78 is 6.73. The lowest BCUT2D eigenvalue weighted by Crippen LogP contribution is -2.17. The van der Waals surface area contributed by atoms with E-state index in [9.17, 15) is 5.11 Å². The average Bonchev–Trinajstić information content (AvgIpc) is 3.57. The number of rotatable bonds is 6. The van der Waals surface area contributed by atoms with Gasteiger partial charge in [-0.05, 0) is 85.2 Å². The molecule has 7 aromatic rings. The van der Waals surface area contributed by atoms with Gasteiger partial charge in [0.15, 0.2) is 5.58 Å². The van der Waals surface area contributed by atoms with E-state index in [1.807, 2.05) is 12.1 Å². The summed E-state index contributed by atoms with van der Waals surface area (Å²) in [5.74, 6) is 1.26. The zero-order valence-electron chi connectivity index (χ0n) is 34.3. The molecule has 0 saturated carbocycles. The maximum Gasteiger partial charge on any atom is 0.229 e. The molecule has 0 aliphatic rings. The number of phenols is 1. The fourth-order valence-corrected chi connectivity index (χ4v) is 7.16. The van der Waals surface area contributed by atoms with Crippen molar-refractivity contribution in [2.75, 3.05) is 0 Å². The standard InChI is InChI=1S/C51H54N2O2/c1-31(2)32-16-18-33(19-17-32)34-20-22-36(23-21-34)42-27-39(50(6,7)8)29-44-46(42)53-48(55-44)41-25-24-35-14-12-13-15-40(35)45(41)52-30-37-26-38(49(3,4)5)28-43(47(37)54)51(9,10)11/h12-31,54H,1-11H3. The van der Waals surface area contributed by atoms with E-state index < -0.39 is 0 Å². The Bertz CT molecular complexity index is 2550. The van der Waals surface area contributed by atoms with Crippen molar-refractivity contribution in [3.05, 3.63) is 137 Å². The summed E-state index contributed by atoms with van der Waals surface area (Å²) in [4.78, 5) is 10.4. The molecule has 0 amide bonds. The van der Waals surface area contributed by atoms with E-state index >= 15 is 0 Å². The Hall–Kier alpha value is -5.48. The number of hydrogen-bond acceptors (Lipinski definition) is 4. The molecule has 0 aliphatic heterocycles. The summed E-state index contributed by atoms with van der Waals surface area (Å²) in [5, 5.41) is 13.7. The second kappa shape index (κ2) is 14.0. The van der Waals surface area contributed by atoms with Crippen LogP contribution in [0.5, 0.6) is 5.75 Å². The molecule has 0 fully saturated rings. The zero-order valence-corrected chi connectivity index (χ0v) is 34.3. The number of aromatic nitrogens is 1. The highest BCUT2D eigenvalue weighted by atomic mass is 16.3. The molecule has 0 radical (unpaired) electrons. The van der Waals surface area contributed by atoms with E-state index in [4.69, 9.17) is 14.4 Å². The van der Waals surface area contributed by atoms with Gasteiger partial charge < -0.3 is 9.52 Å². The van der Waals surface area contributed by atoms with Gasteiger partial charge in [-0.25, -0.2) is 4.98 Å². The van der Waals surface area contributed by atoms with Crippen LogP contribution in [0.3, 0.4) is 0 Å². The number of phenolic OH excluding ortho intramolecular Hbond substituents is 1. The van der Waals surface area contributed by atoms with Gasteiger partial charge in [-0.2, -0.15) is 0 Å². The second-order valence-corrected chi connectivity index (χ2v) is 18.4. The first kappa shape index (κ1) is 37.8. The summed E-state index contributed by atoms with van der Waals surface area (Å²) in [6.45, 7) is 24.1. The number of aromatic hydroxyl groups is 1. The van der Waals surface area contributed by atoms with Crippen molar-refractivity contribution < 1.29 is 9.52 Å². The fourth-order valence-electron chi connectivity index (χ4n) is 7.16. The molecule has 280 valence electrons. The molecule has 7 rings (SSSR count). The molecular formula is C51H54N2O2. The molecule has 1 aromatic heterocycles. The number of hydrogen-bond donors (Lipinski definition) is 1. The molecule has 0 aliphatic carbocycles. The quantitative estimate of drug-likeness (QED) is 0.174. The van der Waals surface area contributed by atoms with Crippen molar-refractivity contribution in [1.82, 2.24) is 4.98 Å². The predicted octanol–water partition coefficient (Wildman–Crippen LogP) is 14.5. The van der Waals surface area contributed by atoms with Crippen LogP contribution in [0.15, 0.2) is 119 Å². The van der Waals surface area contributed by atoms with Crippen LogP contribution in [-0.4, -0.2) is 16.3 Å². The van der Waals surface area contributed by atoms with Crippen LogP contribution in [0.25, 0.3) is 55.6 Å². The molecular weight excluding hydrogens is 673 g/mol. The molecule has 0 saturated heterocycles. The Morgan fingerprint density at radius 3 is 1.85 bits per heavy atom. The molecule has 0 unspecified atom stereocenters. The molecule has 6 aromatic carbocycles. The van der Waals surface area contributed by atoms with Crippen LogP contribution in [0.4, 0.5) is 5.69 Å². The second-order valence-electron chi connectivity index (χ2n) is 18.4. The largest absolute Gasteiger partial charge is 0.507 e. The van der Waals surface area contributed by atoms with E-state index in [0.29, 0.717) is 17.4 Å². The maximum atomic E-state index is 11.6. The lowest BCUT2D eigenvalue weighted by molar-refractivity contribution is 0.444. The Balaban J connectivity index is 1.38. The number of nitrogens with zero attached hydrogens (tertiary/aromatic N) is 2. The van der Waals surface area contributed by atoms with Crippen LogP contribution >= 0.6 is 0 Å². The minimum absolute atomic E-state index is 0.109. The topological polar surface area (TPSA) is 58.6 Å². The minimum Gasteiger partial charge on any atom is -0.507 e. The normalized spacial score (nSPS) is 12.8. The van der Waals surface area contributed by atoms with Gasteiger partial charge in [0.05, 0.1) is 11.3 Å². The van der Waals surface area contributed by atoms with E-state index in [-0.39, 0.29) is 22.0 Å². The lowest BCUT2D eigenvalue weighted by atomic mass is 9.79. The number of fused-ring (bicyclic) bond motifs is 2. The minimum atomic E-state index is -0.250. The molecule has 4 nitrogen and oxygen atoms in total. The van der Waals surface area contributed by atoms with Gasteiger partial charge in [-0.3, -0.25) is 4.99 Å². The summed E-state index contributed by atoms with van der Waals surface area (Å²) >= 11 is 0. The number of oxazole rings is 1. The van der Waals surface area contributed by atoms with Gasteiger partial charge in [0.25, 0.3) is 0 Å². The van der Waals surface area contributed by atoms with Crippen molar-refractivity contribution in [1.29, 1.82) is 0 Å². The van der Waals surface area contributed by atoms with Gasteiger partial charge in [-0.15, -0.1) is 0 Å². The zero-order chi connectivity index (χ0) is 39.4. The highest BCUT2D eigenvalue weighted by Crippen LogP contribution is 2.43. The molecule has 1 N–H and O–H groups in total. The van der Waals surface area contributed by atoms with Gasteiger partial charge in [0.2, 0.25) is 5.89 Å². The monoisotopic (exact) mass is 726 g/mol. The first-order chi connectivity index (χ1) is 25.9. The third kappa shape index (κ3) is 7.60. The van der Waals surface area contributed by atoms with Crippen molar-refractivity contribution in [3.8, 4) is 39.5 Å². The van der Waals surface area contributed by atoms with Crippen molar-refractivity contribution in [2.45, 2.75) is 98.3 Å². The number of aliphatic imine (C=N–C) groups is 1. The van der Waals surface area contributed by atoms with E-state index in [1.165, 1.54) is 22.3 Å². The summed E-state index contributed by atoms with van der Waals surface area (Å²) in [7, 11) is 0. The maximum absolute atomic E-state index is 11.6. The van der Waals surface area contributed by atoms with E-state index in [2.05, 4.69) is 173 Å². The van der Waals surface area contributed by atoms with E-state index in [0.717, 1.165) is 55.4 Å². The van der Waals surface area contributed by atoms with Crippen LogP contribution in [0.1, 0.15) is 110 Å². The molecule has 0 bridgehead atoms. The van der Waals surface area contributed by atoms with Gasteiger partial charge in [0.1, 0.15) is 11.3 Å². The average molecular weight is 727 g/mol. The fraction of sp³-hybridized carbons (Fsp3) is 0.294. The molecule has 1 heterocycles. The Morgan fingerprint density at radius 2 is 1.24 bits per heavy atom.